The van der Waals surface area contributed by atoms with E-state index >= 15 is 0 Å². The third kappa shape index (κ3) is 5.04. The Balaban J connectivity index is 1.49. The zero-order valence-corrected chi connectivity index (χ0v) is 17.9. The Bertz CT molecular complexity index is 1170. The van der Waals surface area contributed by atoms with Gasteiger partial charge in [-0.2, -0.15) is 0 Å². The third-order valence-electron chi connectivity index (χ3n) is 4.17. The number of anilines is 1. The standard InChI is InChI=1S/C20H17ClN6O3S/c1-29-17-5-4-13(9-15(17)21)24-18(28)12-31-20-26-25-19(16-10-22-6-7-23-16)27(20)11-14-3-2-8-30-14/h2-10H,11-12H2,1H3,(H,24,28). The Morgan fingerprint density at radius 3 is 2.90 bits per heavy atom. The molecule has 3 aromatic heterocycles. The van der Waals surface area contributed by atoms with Gasteiger partial charge in [0.15, 0.2) is 11.0 Å². The molecule has 0 aliphatic rings. The maximum atomic E-state index is 12.5. The van der Waals surface area contributed by atoms with Gasteiger partial charge in [0, 0.05) is 18.1 Å². The zero-order valence-electron chi connectivity index (χ0n) is 16.4. The van der Waals surface area contributed by atoms with Gasteiger partial charge in [-0.25, -0.2) is 4.98 Å². The number of methoxy groups -OCH3 is 1. The van der Waals surface area contributed by atoms with Gasteiger partial charge < -0.3 is 14.5 Å². The molecule has 0 radical (unpaired) electrons. The van der Waals surface area contributed by atoms with E-state index in [2.05, 4.69) is 25.5 Å². The molecule has 9 nitrogen and oxygen atoms in total. The number of carbonyl (C=O) groups is 1. The summed E-state index contributed by atoms with van der Waals surface area (Å²) in [5.41, 5.74) is 1.15. The number of nitrogens with zero attached hydrogens (tertiary/aromatic N) is 5. The summed E-state index contributed by atoms with van der Waals surface area (Å²) in [5.74, 6) is 1.72. The number of hydrogen-bond acceptors (Lipinski definition) is 8. The molecule has 0 unspecified atom stereocenters. The van der Waals surface area contributed by atoms with Crippen LogP contribution < -0.4 is 10.1 Å². The number of furan rings is 1. The number of halogens is 1. The van der Waals surface area contributed by atoms with Crippen molar-refractivity contribution in [1.82, 2.24) is 24.7 Å². The second-order valence-corrected chi connectivity index (χ2v) is 7.60. The van der Waals surface area contributed by atoms with Crippen molar-refractivity contribution in [3.63, 3.8) is 0 Å². The molecule has 0 atom stereocenters. The second kappa shape index (κ2) is 9.63. The molecule has 0 saturated heterocycles. The monoisotopic (exact) mass is 456 g/mol. The summed E-state index contributed by atoms with van der Waals surface area (Å²) in [6.45, 7) is 0.393. The first-order valence-electron chi connectivity index (χ1n) is 9.12. The molecule has 158 valence electrons. The van der Waals surface area contributed by atoms with Gasteiger partial charge in [0.25, 0.3) is 0 Å². The molecule has 0 aliphatic carbocycles. The SMILES string of the molecule is COc1ccc(NC(=O)CSc2nnc(-c3cnccn3)n2Cc2ccco2)cc1Cl. The van der Waals surface area contributed by atoms with Crippen molar-refractivity contribution in [3.05, 3.63) is 66.0 Å². The van der Waals surface area contributed by atoms with E-state index in [-0.39, 0.29) is 11.7 Å². The fourth-order valence-corrected chi connectivity index (χ4v) is 3.77. The van der Waals surface area contributed by atoms with Crippen LogP contribution in [-0.4, -0.2) is 43.5 Å². The summed E-state index contributed by atoms with van der Waals surface area (Å²) in [5, 5.41) is 12.3. The van der Waals surface area contributed by atoms with Crippen molar-refractivity contribution >= 4 is 35.0 Å². The molecule has 31 heavy (non-hydrogen) atoms. The van der Waals surface area contributed by atoms with E-state index in [4.69, 9.17) is 20.8 Å². The second-order valence-electron chi connectivity index (χ2n) is 6.25. The van der Waals surface area contributed by atoms with Gasteiger partial charge in [-0.15, -0.1) is 10.2 Å². The van der Waals surface area contributed by atoms with E-state index in [1.165, 1.54) is 18.9 Å². The van der Waals surface area contributed by atoms with Gasteiger partial charge in [0.1, 0.15) is 17.2 Å². The molecule has 0 saturated carbocycles. The molecule has 11 heteroatoms. The van der Waals surface area contributed by atoms with Crippen LogP contribution in [0.15, 0.2) is 64.8 Å². The van der Waals surface area contributed by atoms with Gasteiger partial charge >= 0.3 is 0 Å². The summed E-state index contributed by atoms with van der Waals surface area (Å²) in [7, 11) is 1.53. The number of nitrogens with one attached hydrogen (secondary N) is 1. The number of aromatic nitrogens is 5. The van der Waals surface area contributed by atoms with Crippen molar-refractivity contribution in [1.29, 1.82) is 0 Å². The smallest absolute Gasteiger partial charge is 0.234 e. The fourth-order valence-electron chi connectivity index (χ4n) is 2.77. The minimum absolute atomic E-state index is 0.125. The van der Waals surface area contributed by atoms with Crippen LogP contribution >= 0.6 is 23.4 Å². The number of hydrogen-bond donors (Lipinski definition) is 1. The first kappa shape index (κ1) is 20.9. The van der Waals surface area contributed by atoms with Crippen LogP contribution in [-0.2, 0) is 11.3 Å². The highest BCUT2D eigenvalue weighted by molar-refractivity contribution is 7.99. The van der Waals surface area contributed by atoms with Crippen molar-refractivity contribution in [3.8, 4) is 17.3 Å². The lowest BCUT2D eigenvalue weighted by Gasteiger charge is -2.09. The van der Waals surface area contributed by atoms with Crippen molar-refractivity contribution < 1.29 is 13.9 Å². The minimum Gasteiger partial charge on any atom is -0.495 e. The van der Waals surface area contributed by atoms with E-state index in [1.54, 1.807) is 43.1 Å². The number of carbonyl (C=O) groups excluding carboxylic acids is 1. The van der Waals surface area contributed by atoms with Gasteiger partial charge in [-0.1, -0.05) is 23.4 Å². The van der Waals surface area contributed by atoms with E-state index in [1.807, 2.05) is 16.7 Å². The lowest BCUT2D eigenvalue weighted by Crippen LogP contribution is -2.15. The van der Waals surface area contributed by atoms with Crippen LogP contribution in [0.2, 0.25) is 5.02 Å². The average molecular weight is 457 g/mol. The lowest BCUT2D eigenvalue weighted by molar-refractivity contribution is -0.113. The molecule has 4 aromatic rings. The quantitative estimate of drug-likeness (QED) is 0.399. The Kier molecular flexibility index (Phi) is 6.48. The molecule has 3 heterocycles. The molecule has 0 fully saturated rings. The van der Waals surface area contributed by atoms with E-state index in [9.17, 15) is 4.79 Å². The summed E-state index contributed by atoms with van der Waals surface area (Å²) in [4.78, 5) is 20.8. The predicted molar refractivity (Wildman–Crippen MR) is 116 cm³/mol. The maximum absolute atomic E-state index is 12.5. The van der Waals surface area contributed by atoms with Crippen LogP contribution in [0.1, 0.15) is 5.76 Å². The minimum atomic E-state index is -0.208. The highest BCUT2D eigenvalue weighted by Gasteiger charge is 2.18. The Morgan fingerprint density at radius 2 is 2.19 bits per heavy atom. The van der Waals surface area contributed by atoms with Crippen LogP contribution in [0.4, 0.5) is 5.69 Å². The highest BCUT2D eigenvalue weighted by atomic mass is 35.5. The molecule has 1 amide bonds. The summed E-state index contributed by atoms with van der Waals surface area (Å²) in [6.07, 6.45) is 6.38. The number of benzene rings is 1. The van der Waals surface area contributed by atoms with Gasteiger partial charge in [0.2, 0.25) is 5.91 Å². The number of amides is 1. The Hall–Kier alpha value is -3.37. The molecule has 4 rings (SSSR count). The molecule has 0 bridgehead atoms. The van der Waals surface area contributed by atoms with Crippen molar-refractivity contribution in [2.75, 3.05) is 18.2 Å². The van der Waals surface area contributed by atoms with Crippen LogP contribution in [0, 0.1) is 0 Å². The maximum Gasteiger partial charge on any atom is 0.234 e. The Labute approximate surface area is 186 Å². The molecule has 1 aromatic carbocycles. The largest absolute Gasteiger partial charge is 0.495 e. The van der Waals surface area contributed by atoms with Crippen molar-refractivity contribution in [2.45, 2.75) is 11.7 Å². The average Bonchev–Trinajstić information content (AvgIpc) is 3.43. The number of ether oxygens (including phenoxy) is 1. The van der Waals surface area contributed by atoms with E-state index in [0.717, 1.165) is 5.76 Å². The first-order chi connectivity index (χ1) is 15.1. The van der Waals surface area contributed by atoms with Crippen LogP contribution in [0.3, 0.4) is 0 Å². The molecule has 0 aliphatic heterocycles. The number of thioether (sulfide) groups is 1. The summed E-state index contributed by atoms with van der Waals surface area (Å²) < 4.78 is 12.4. The van der Waals surface area contributed by atoms with Gasteiger partial charge in [-0.3, -0.25) is 14.3 Å². The normalized spacial score (nSPS) is 10.8. The summed E-state index contributed by atoms with van der Waals surface area (Å²) >= 11 is 7.37. The predicted octanol–water partition coefficient (Wildman–Crippen LogP) is 3.77. The van der Waals surface area contributed by atoms with Gasteiger partial charge in [-0.05, 0) is 30.3 Å². The molecule has 0 spiro atoms. The van der Waals surface area contributed by atoms with Crippen LogP contribution in [0.5, 0.6) is 5.75 Å². The number of rotatable bonds is 8. The van der Waals surface area contributed by atoms with Crippen molar-refractivity contribution in [2.24, 2.45) is 0 Å². The lowest BCUT2D eigenvalue weighted by atomic mass is 10.3. The summed E-state index contributed by atoms with van der Waals surface area (Å²) in [6, 6.07) is 8.71. The van der Waals surface area contributed by atoms with Gasteiger partial charge in [0.05, 0.1) is 36.9 Å². The van der Waals surface area contributed by atoms with Crippen LogP contribution in [0.25, 0.3) is 11.5 Å². The topological polar surface area (TPSA) is 108 Å². The highest BCUT2D eigenvalue weighted by Crippen LogP contribution is 2.28. The molecular weight excluding hydrogens is 440 g/mol. The fraction of sp³-hybridized carbons (Fsp3) is 0.150. The van der Waals surface area contributed by atoms with E-state index < -0.39 is 0 Å². The zero-order chi connectivity index (χ0) is 21.6. The first-order valence-corrected chi connectivity index (χ1v) is 10.5. The molecule has 1 N–H and O–H groups in total. The third-order valence-corrected chi connectivity index (χ3v) is 5.43. The van der Waals surface area contributed by atoms with E-state index in [0.29, 0.717) is 39.7 Å². The Morgan fingerprint density at radius 1 is 1.29 bits per heavy atom. The molecular formula is C20H17ClN6O3S.